The van der Waals surface area contributed by atoms with Crippen molar-refractivity contribution in [1.29, 1.82) is 0 Å². The zero-order chi connectivity index (χ0) is 14.4. The van der Waals surface area contributed by atoms with E-state index < -0.39 is 0 Å². The molecule has 0 radical (unpaired) electrons. The SMILES string of the molecule is Cn1cc2c(c1-c1ccccc1)CCc1cnc(N)nc1-2. The number of aryl methyl sites for hydroxylation is 2. The van der Waals surface area contributed by atoms with E-state index in [-0.39, 0.29) is 0 Å². The standard InChI is InChI=1S/C17H16N4/c1-21-10-14-13(16(21)11-5-3-2-4-6-11)8-7-12-9-19-17(18)20-15(12)14/h2-6,9-10H,7-8H2,1H3,(H2,18,19,20). The Labute approximate surface area is 123 Å². The molecule has 0 bridgehead atoms. The van der Waals surface area contributed by atoms with Gasteiger partial charge in [-0.05, 0) is 29.5 Å². The molecule has 0 fully saturated rings. The Hall–Kier alpha value is -2.62. The Morgan fingerprint density at radius 3 is 2.76 bits per heavy atom. The van der Waals surface area contributed by atoms with E-state index in [9.17, 15) is 0 Å². The Balaban J connectivity index is 1.96. The van der Waals surface area contributed by atoms with Gasteiger partial charge in [-0.25, -0.2) is 9.97 Å². The summed E-state index contributed by atoms with van der Waals surface area (Å²) >= 11 is 0. The fraction of sp³-hybridized carbons (Fsp3) is 0.176. The van der Waals surface area contributed by atoms with Gasteiger partial charge >= 0.3 is 0 Å². The smallest absolute Gasteiger partial charge is 0.220 e. The van der Waals surface area contributed by atoms with Crippen LogP contribution in [0.3, 0.4) is 0 Å². The third-order valence-corrected chi connectivity index (χ3v) is 4.12. The van der Waals surface area contributed by atoms with Crippen LogP contribution in [0.1, 0.15) is 11.1 Å². The third kappa shape index (κ3) is 1.83. The fourth-order valence-electron chi connectivity index (χ4n) is 3.20. The first-order valence-electron chi connectivity index (χ1n) is 7.09. The van der Waals surface area contributed by atoms with Crippen molar-refractivity contribution in [3.8, 4) is 22.5 Å². The predicted octanol–water partition coefficient (Wildman–Crippen LogP) is 2.83. The van der Waals surface area contributed by atoms with Gasteiger partial charge in [0.2, 0.25) is 5.95 Å². The van der Waals surface area contributed by atoms with E-state index in [4.69, 9.17) is 5.73 Å². The lowest BCUT2D eigenvalue weighted by Crippen LogP contribution is -2.07. The highest BCUT2D eigenvalue weighted by Crippen LogP contribution is 2.38. The molecule has 2 N–H and O–H groups in total. The van der Waals surface area contributed by atoms with Crippen molar-refractivity contribution in [2.75, 3.05) is 5.73 Å². The van der Waals surface area contributed by atoms with Crippen LogP contribution >= 0.6 is 0 Å². The maximum atomic E-state index is 5.77. The number of nitrogen functional groups attached to an aromatic ring is 1. The molecule has 1 aromatic carbocycles. The number of fused-ring (bicyclic) bond motifs is 3. The fourth-order valence-corrected chi connectivity index (χ4v) is 3.20. The predicted molar refractivity (Wildman–Crippen MR) is 83.7 cm³/mol. The quantitative estimate of drug-likeness (QED) is 0.743. The van der Waals surface area contributed by atoms with Gasteiger partial charge in [-0.3, -0.25) is 0 Å². The van der Waals surface area contributed by atoms with E-state index in [0.29, 0.717) is 5.95 Å². The molecule has 4 nitrogen and oxygen atoms in total. The van der Waals surface area contributed by atoms with Gasteiger partial charge in [0.1, 0.15) is 0 Å². The molecule has 1 aliphatic rings. The summed E-state index contributed by atoms with van der Waals surface area (Å²) in [6, 6.07) is 10.5. The molecule has 4 heteroatoms. The monoisotopic (exact) mass is 276 g/mol. The summed E-state index contributed by atoms with van der Waals surface area (Å²) < 4.78 is 2.19. The van der Waals surface area contributed by atoms with Crippen LogP contribution in [-0.4, -0.2) is 14.5 Å². The van der Waals surface area contributed by atoms with Gasteiger partial charge in [0.15, 0.2) is 0 Å². The van der Waals surface area contributed by atoms with Crippen LogP contribution in [0.25, 0.3) is 22.5 Å². The normalized spacial score (nSPS) is 12.8. The van der Waals surface area contributed by atoms with Gasteiger partial charge < -0.3 is 10.3 Å². The number of nitrogens with zero attached hydrogens (tertiary/aromatic N) is 3. The number of benzene rings is 1. The number of hydrogen-bond donors (Lipinski definition) is 1. The van der Waals surface area contributed by atoms with Crippen molar-refractivity contribution >= 4 is 5.95 Å². The van der Waals surface area contributed by atoms with Crippen LogP contribution in [0.2, 0.25) is 0 Å². The van der Waals surface area contributed by atoms with Gasteiger partial charge in [-0.2, -0.15) is 0 Å². The topological polar surface area (TPSA) is 56.7 Å². The summed E-state index contributed by atoms with van der Waals surface area (Å²) in [5.74, 6) is 0.340. The first kappa shape index (κ1) is 12.1. The first-order valence-corrected chi connectivity index (χ1v) is 7.09. The molecule has 21 heavy (non-hydrogen) atoms. The highest BCUT2D eigenvalue weighted by atomic mass is 15.0. The van der Waals surface area contributed by atoms with Gasteiger partial charge in [0, 0.05) is 25.0 Å². The second-order valence-corrected chi connectivity index (χ2v) is 5.45. The van der Waals surface area contributed by atoms with Gasteiger partial charge in [0.25, 0.3) is 0 Å². The van der Waals surface area contributed by atoms with Crippen molar-refractivity contribution in [2.24, 2.45) is 7.05 Å². The van der Waals surface area contributed by atoms with E-state index >= 15 is 0 Å². The molecule has 1 aliphatic carbocycles. The molecule has 0 unspecified atom stereocenters. The minimum absolute atomic E-state index is 0.340. The number of rotatable bonds is 1. The van der Waals surface area contributed by atoms with Crippen LogP contribution in [0.15, 0.2) is 42.7 Å². The van der Waals surface area contributed by atoms with Gasteiger partial charge in [-0.15, -0.1) is 0 Å². The number of nitrogens with two attached hydrogens (primary N) is 1. The van der Waals surface area contributed by atoms with E-state index in [0.717, 1.165) is 18.5 Å². The molecule has 4 rings (SSSR count). The van der Waals surface area contributed by atoms with E-state index in [1.165, 1.54) is 27.9 Å². The molecule has 0 spiro atoms. The Morgan fingerprint density at radius 2 is 1.95 bits per heavy atom. The molecule has 2 aromatic heterocycles. The Kier molecular flexibility index (Phi) is 2.57. The minimum atomic E-state index is 0.340. The number of anilines is 1. The van der Waals surface area contributed by atoms with E-state index in [2.05, 4.69) is 52.0 Å². The molecule has 104 valence electrons. The van der Waals surface area contributed by atoms with Crippen molar-refractivity contribution in [1.82, 2.24) is 14.5 Å². The lowest BCUT2D eigenvalue weighted by molar-refractivity contribution is 0.904. The molecular formula is C17H16N4. The third-order valence-electron chi connectivity index (χ3n) is 4.12. The number of hydrogen-bond acceptors (Lipinski definition) is 3. The molecule has 0 atom stereocenters. The molecule has 0 saturated carbocycles. The molecule has 3 aromatic rings. The summed E-state index contributed by atoms with van der Waals surface area (Å²) in [5.41, 5.74) is 13.0. The van der Waals surface area contributed by atoms with Crippen LogP contribution < -0.4 is 5.73 Å². The molecule has 2 heterocycles. The molecule has 0 saturated heterocycles. The highest BCUT2D eigenvalue weighted by Gasteiger charge is 2.24. The lowest BCUT2D eigenvalue weighted by Gasteiger charge is -2.16. The molecule has 0 aliphatic heterocycles. The highest BCUT2D eigenvalue weighted by molar-refractivity contribution is 5.79. The van der Waals surface area contributed by atoms with Crippen LogP contribution in [-0.2, 0) is 19.9 Å². The zero-order valence-electron chi connectivity index (χ0n) is 11.9. The van der Waals surface area contributed by atoms with Gasteiger partial charge in [0.05, 0.1) is 11.4 Å². The zero-order valence-corrected chi connectivity index (χ0v) is 11.9. The maximum Gasteiger partial charge on any atom is 0.220 e. The largest absolute Gasteiger partial charge is 0.368 e. The summed E-state index contributed by atoms with van der Waals surface area (Å²) in [6.07, 6.45) is 5.99. The van der Waals surface area contributed by atoms with E-state index in [1.807, 2.05) is 12.3 Å². The summed E-state index contributed by atoms with van der Waals surface area (Å²) in [7, 11) is 2.09. The Morgan fingerprint density at radius 1 is 1.14 bits per heavy atom. The summed E-state index contributed by atoms with van der Waals surface area (Å²) in [6.45, 7) is 0. The van der Waals surface area contributed by atoms with Crippen molar-refractivity contribution < 1.29 is 0 Å². The minimum Gasteiger partial charge on any atom is -0.368 e. The van der Waals surface area contributed by atoms with E-state index in [1.54, 1.807) is 0 Å². The Bertz CT molecular complexity index is 818. The van der Waals surface area contributed by atoms with Crippen LogP contribution in [0, 0.1) is 0 Å². The molecule has 0 amide bonds. The summed E-state index contributed by atoms with van der Waals surface area (Å²) in [4.78, 5) is 8.57. The maximum absolute atomic E-state index is 5.77. The lowest BCUT2D eigenvalue weighted by atomic mass is 9.90. The first-order chi connectivity index (χ1) is 10.2. The van der Waals surface area contributed by atoms with Crippen LogP contribution in [0.5, 0.6) is 0 Å². The van der Waals surface area contributed by atoms with Crippen molar-refractivity contribution in [2.45, 2.75) is 12.8 Å². The van der Waals surface area contributed by atoms with Crippen molar-refractivity contribution in [3.63, 3.8) is 0 Å². The average Bonchev–Trinajstić information content (AvgIpc) is 2.84. The summed E-state index contributed by atoms with van der Waals surface area (Å²) in [5, 5.41) is 0. The molecular weight excluding hydrogens is 260 g/mol. The van der Waals surface area contributed by atoms with Crippen molar-refractivity contribution in [3.05, 3.63) is 53.9 Å². The second kappa shape index (κ2) is 4.45. The second-order valence-electron chi connectivity index (χ2n) is 5.45. The number of aromatic nitrogens is 3. The van der Waals surface area contributed by atoms with Crippen LogP contribution in [0.4, 0.5) is 5.95 Å². The average molecular weight is 276 g/mol. The van der Waals surface area contributed by atoms with Gasteiger partial charge in [-0.1, -0.05) is 30.3 Å².